The van der Waals surface area contributed by atoms with Gasteiger partial charge in [-0.15, -0.1) is 0 Å². The molecule has 7 nitrogen and oxygen atoms in total. The molecule has 2 fully saturated rings. The van der Waals surface area contributed by atoms with Crippen LogP contribution in [0.3, 0.4) is 0 Å². The summed E-state index contributed by atoms with van der Waals surface area (Å²) in [6.07, 6.45) is 0.365. The zero-order chi connectivity index (χ0) is 19.7. The number of aliphatic imine (C=N–C) groups is 2. The molecule has 11 heteroatoms. The number of alkyl halides is 2. The Kier molecular flexibility index (Phi) is 4.26. The van der Waals surface area contributed by atoms with Gasteiger partial charge in [0.2, 0.25) is 0 Å². The van der Waals surface area contributed by atoms with Gasteiger partial charge in [-0.3, -0.25) is 4.99 Å². The summed E-state index contributed by atoms with van der Waals surface area (Å²) in [6, 6.07) is -0.729. The van der Waals surface area contributed by atoms with E-state index < -0.39 is 28.5 Å². The van der Waals surface area contributed by atoms with Crippen molar-refractivity contribution in [3.8, 4) is 0 Å². The number of nitrogens with two attached hydrogens (primary N) is 1. The van der Waals surface area contributed by atoms with Crippen molar-refractivity contribution in [2.45, 2.75) is 38.3 Å². The van der Waals surface area contributed by atoms with Gasteiger partial charge in [-0.05, 0) is 31.4 Å². The number of likely N-dealkylation sites (tertiary alicyclic amines) is 1. The second kappa shape index (κ2) is 6.07. The predicted octanol–water partition coefficient (Wildman–Crippen LogP) is 1.48. The molecule has 27 heavy (non-hydrogen) atoms. The number of halogens is 3. The highest BCUT2D eigenvalue weighted by molar-refractivity contribution is 7.86. The largest absolute Gasteiger partial charge is 0.355 e. The molecule has 2 aliphatic carbocycles. The molecular weight excluding hydrogens is 400 g/mol. The van der Waals surface area contributed by atoms with Crippen LogP contribution < -0.4 is 5.14 Å². The summed E-state index contributed by atoms with van der Waals surface area (Å²) in [6.45, 7) is 3.14. The Morgan fingerprint density at radius 2 is 2.04 bits per heavy atom. The summed E-state index contributed by atoms with van der Waals surface area (Å²) >= 11 is 6.19. The lowest BCUT2D eigenvalue weighted by molar-refractivity contribution is -0.0576. The molecule has 4 aliphatic rings. The van der Waals surface area contributed by atoms with E-state index in [1.54, 1.807) is 6.08 Å². The van der Waals surface area contributed by atoms with Crippen LogP contribution in [0.25, 0.3) is 0 Å². The maximum Gasteiger partial charge on any atom is 0.297 e. The van der Waals surface area contributed by atoms with Crippen molar-refractivity contribution in [3.63, 3.8) is 0 Å². The molecule has 2 aliphatic heterocycles. The summed E-state index contributed by atoms with van der Waals surface area (Å²) in [4.78, 5) is 10.1. The number of amidine groups is 2. The highest BCUT2D eigenvalue weighted by atomic mass is 35.5. The molecule has 1 saturated heterocycles. The summed E-state index contributed by atoms with van der Waals surface area (Å²) in [5.41, 5.74) is 1.63. The third kappa shape index (κ3) is 3.02. The first-order valence-corrected chi connectivity index (χ1v) is 10.4. The van der Waals surface area contributed by atoms with Gasteiger partial charge >= 0.3 is 0 Å². The van der Waals surface area contributed by atoms with Crippen LogP contribution in [0.4, 0.5) is 8.78 Å². The van der Waals surface area contributed by atoms with Crippen molar-refractivity contribution < 1.29 is 17.2 Å². The summed E-state index contributed by atoms with van der Waals surface area (Å²) in [7, 11) is -2.23. The van der Waals surface area contributed by atoms with Crippen LogP contribution in [0, 0.1) is 5.41 Å². The fourth-order valence-corrected chi connectivity index (χ4v) is 5.28. The fourth-order valence-electron chi connectivity index (χ4n) is 4.39. The highest BCUT2D eigenvalue weighted by Gasteiger charge is 2.56. The lowest BCUT2D eigenvalue weighted by Crippen LogP contribution is -2.68. The van der Waals surface area contributed by atoms with E-state index in [0.29, 0.717) is 36.8 Å². The van der Waals surface area contributed by atoms with Gasteiger partial charge in [-0.2, -0.15) is 12.7 Å². The molecule has 0 aromatic carbocycles. The second-order valence-electron chi connectivity index (χ2n) is 7.73. The number of hydrogen-bond donors (Lipinski definition) is 1. The van der Waals surface area contributed by atoms with E-state index in [2.05, 4.69) is 9.98 Å². The van der Waals surface area contributed by atoms with Crippen molar-refractivity contribution in [1.29, 1.82) is 0 Å². The molecule has 0 radical (unpaired) electrons. The Hall–Kier alpha value is -1.36. The summed E-state index contributed by atoms with van der Waals surface area (Å²) < 4.78 is 50.6. The van der Waals surface area contributed by atoms with Gasteiger partial charge < -0.3 is 4.90 Å². The Labute approximate surface area is 161 Å². The maximum atomic E-state index is 13.2. The van der Waals surface area contributed by atoms with Gasteiger partial charge in [0.05, 0.1) is 0 Å². The maximum absolute atomic E-state index is 13.2. The van der Waals surface area contributed by atoms with Gasteiger partial charge in [0.25, 0.3) is 16.6 Å². The first-order chi connectivity index (χ1) is 12.5. The molecule has 4 rings (SSSR count). The quantitative estimate of drug-likeness (QED) is 0.751. The van der Waals surface area contributed by atoms with Crippen LogP contribution in [0.5, 0.6) is 0 Å². The average Bonchev–Trinajstić information content (AvgIpc) is 2.77. The van der Waals surface area contributed by atoms with Crippen LogP contribution in [-0.2, 0) is 10.2 Å². The van der Waals surface area contributed by atoms with E-state index in [4.69, 9.17) is 16.7 Å². The SMILES string of the molecule is CC1=C2C(N3CC4(CC(N(C)S(N)(=O)=O)C4)C3)=NC(C(F)F)=NC2C(Cl)=C1. The van der Waals surface area contributed by atoms with Crippen molar-refractivity contribution >= 4 is 33.5 Å². The van der Waals surface area contributed by atoms with Crippen LogP contribution in [0.2, 0.25) is 0 Å². The molecule has 1 atom stereocenters. The summed E-state index contributed by atoms with van der Waals surface area (Å²) in [5, 5.41) is 5.59. The van der Waals surface area contributed by atoms with Gasteiger partial charge in [-0.25, -0.2) is 18.9 Å². The number of allylic oxidation sites excluding steroid dienone is 2. The topological polar surface area (TPSA) is 91.4 Å². The van der Waals surface area contributed by atoms with Crippen LogP contribution in [0.1, 0.15) is 19.8 Å². The first-order valence-electron chi connectivity index (χ1n) is 8.54. The Morgan fingerprint density at radius 1 is 1.41 bits per heavy atom. The molecule has 148 valence electrons. The lowest BCUT2D eigenvalue weighted by Gasteiger charge is -2.61. The zero-order valence-electron chi connectivity index (χ0n) is 14.9. The molecule has 1 spiro atoms. The Balaban J connectivity index is 1.49. The number of fused-ring (bicyclic) bond motifs is 1. The third-order valence-electron chi connectivity index (χ3n) is 5.84. The van der Waals surface area contributed by atoms with Gasteiger partial charge in [-0.1, -0.05) is 11.6 Å². The fraction of sp³-hybridized carbons (Fsp3) is 0.625. The molecule has 0 aromatic rings. The highest BCUT2D eigenvalue weighted by Crippen LogP contribution is 2.51. The molecule has 1 unspecified atom stereocenters. The van der Waals surface area contributed by atoms with Crippen molar-refractivity contribution in [2.24, 2.45) is 20.5 Å². The van der Waals surface area contributed by atoms with Crippen molar-refractivity contribution in [1.82, 2.24) is 9.21 Å². The minimum absolute atomic E-state index is 0.0223. The van der Waals surface area contributed by atoms with E-state index in [9.17, 15) is 17.2 Å². The third-order valence-corrected chi connectivity index (χ3v) is 7.25. The minimum Gasteiger partial charge on any atom is -0.355 e. The van der Waals surface area contributed by atoms with E-state index in [1.165, 1.54) is 11.4 Å². The Morgan fingerprint density at radius 3 is 2.59 bits per heavy atom. The number of nitrogens with zero attached hydrogens (tertiary/aromatic N) is 4. The van der Waals surface area contributed by atoms with E-state index >= 15 is 0 Å². The summed E-state index contributed by atoms with van der Waals surface area (Å²) in [5.74, 6) is 0.00460. The lowest BCUT2D eigenvalue weighted by atomic mass is 9.60. The molecule has 2 N–H and O–H groups in total. The molecular formula is C16H20ClF2N5O2S. The second-order valence-corrected chi connectivity index (χ2v) is 9.77. The smallest absolute Gasteiger partial charge is 0.297 e. The molecule has 2 heterocycles. The monoisotopic (exact) mass is 419 g/mol. The van der Waals surface area contributed by atoms with Crippen molar-refractivity contribution in [3.05, 3.63) is 22.3 Å². The minimum atomic E-state index is -3.71. The first kappa shape index (κ1) is 19.0. The number of rotatable bonds is 3. The van der Waals surface area contributed by atoms with Gasteiger partial charge in [0.1, 0.15) is 11.9 Å². The average molecular weight is 420 g/mol. The standard InChI is InChI=1S/C16H20ClF2N5O2S/c1-8-3-10(17)12-11(8)15(22-14(21-12)13(18)19)24-6-16(7-24)4-9(5-16)23(2)27(20,25)26/h3,9,12-13H,4-7H2,1-2H3,(H2,20,25,26). The van der Waals surface area contributed by atoms with E-state index in [1.807, 2.05) is 11.8 Å². The number of hydrogen-bond acceptors (Lipinski definition) is 5. The van der Waals surface area contributed by atoms with Crippen LogP contribution in [-0.4, -0.2) is 67.9 Å². The van der Waals surface area contributed by atoms with Crippen LogP contribution in [0.15, 0.2) is 32.2 Å². The Bertz CT molecular complexity index is 913. The van der Waals surface area contributed by atoms with Crippen molar-refractivity contribution in [2.75, 3.05) is 20.1 Å². The molecule has 0 bridgehead atoms. The molecule has 0 aromatic heterocycles. The normalized spacial score (nSPS) is 27.5. The van der Waals surface area contributed by atoms with Crippen LogP contribution >= 0.6 is 11.6 Å². The molecule has 1 saturated carbocycles. The molecule has 0 amide bonds. The zero-order valence-corrected chi connectivity index (χ0v) is 16.4. The van der Waals surface area contributed by atoms with Gasteiger partial charge in [0, 0.05) is 42.2 Å². The van der Waals surface area contributed by atoms with Gasteiger partial charge in [0.15, 0.2) is 5.84 Å². The predicted molar refractivity (Wildman–Crippen MR) is 99.2 cm³/mol. The van der Waals surface area contributed by atoms with E-state index in [-0.39, 0.29) is 11.5 Å². The van der Waals surface area contributed by atoms with E-state index in [0.717, 1.165) is 11.1 Å².